The summed E-state index contributed by atoms with van der Waals surface area (Å²) in [5.74, 6) is 1.38. The summed E-state index contributed by atoms with van der Waals surface area (Å²) in [6.07, 6.45) is 0.680. The number of ether oxygens (including phenoxy) is 2. The summed E-state index contributed by atoms with van der Waals surface area (Å²) in [6.45, 7) is 2.05. The van der Waals surface area contributed by atoms with Gasteiger partial charge in [-0.1, -0.05) is 23.9 Å². The average molecular weight is 442 g/mol. The lowest BCUT2D eigenvalue weighted by molar-refractivity contribution is -0.384. The Morgan fingerprint density at radius 2 is 1.87 bits per heavy atom. The maximum atomic E-state index is 11.8. The van der Waals surface area contributed by atoms with Gasteiger partial charge in [-0.2, -0.15) is 4.99 Å². The van der Waals surface area contributed by atoms with Crippen LogP contribution in [-0.4, -0.2) is 47.0 Å². The van der Waals surface area contributed by atoms with E-state index >= 15 is 0 Å². The number of carbonyl (C=O) groups excluding carboxylic acids is 1. The Morgan fingerprint density at radius 1 is 1.19 bits per heavy atom. The normalized spacial score (nSPS) is 20.7. The van der Waals surface area contributed by atoms with Crippen LogP contribution >= 0.6 is 11.8 Å². The van der Waals surface area contributed by atoms with Gasteiger partial charge < -0.3 is 9.47 Å². The molecule has 31 heavy (non-hydrogen) atoms. The lowest BCUT2D eigenvalue weighted by Crippen LogP contribution is -2.47. The van der Waals surface area contributed by atoms with E-state index in [1.807, 2.05) is 17.1 Å². The van der Waals surface area contributed by atoms with Crippen LogP contribution in [0.1, 0.15) is 29.7 Å². The molecular weight excluding hydrogens is 420 g/mol. The summed E-state index contributed by atoms with van der Waals surface area (Å²) >= 11 is 1.39. The predicted octanol–water partition coefficient (Wildman–Crippen LogP) is 3.08. The van der Waals surface area contributed by atoms with E-state index in [0.29, 0.717) is 28.8 Å². The summed E-state index contributed by atoms with van der Waals surface area (Å²) in [4.78, 5) is 26.6. The van der Waals surface area contributed by atoms with Crippen LogP contribution in [0.25, 0.3) is 0 Å². The van der Waals surface area contributed by atoms with Crippen molar-refractivity contribution in [3.05, 3.63) is 63.2 Å². The minimum absolute atomic E-state index is 0.00273. The standard InChI is InChI=1S/C21H22N4O5S/c1-12-8-14-9-17(29-2)18(30-3)10-16(14)20(13-4-6-15(7-5-13)25(27)28)23-24(12)21-22-19(26)11-31-21/h4-7,9-10,12,20,23H,8,11H2,1-3H3/t12-,20?/m0/s1. The van der Waals surface area contributed by atoms with Gasteiger partial charge in [0.15, 0.2) is 16.7 Å². The highest BCUT2D eigenvalue weighted by Gasteiger charge is 2.33. The van der Waals surface area contributed by atoms with Gasteiger partial charge >= 0.3 is 0 Å². The van der Waals surface area contributed by atoms with Crippen LogP contribution in [0.5, 0.6) is 11.5 Å². The molecule has 2 heterocycles. The first-order valence-corrected chi connectivity index (χ1v) is 10.7. The molecule has 0 saturated carbocycles. The van der Waals surface area contributed by atoms with E-state index in [4.69, 9.17) is 9.47 Å². The number of methoxy groups -OCH3 is 2. The van der Waals surface area contributed by atoms with Gasteiger partial charge in [0.05, 0.1) is 30.9 Å². The molecule has 2 aliphatic rings. The Hall–Kier alpha value is -3.11. The quantitative estimate of drug-likeness (QED) is 0.569. The topological polar surface area (TPSA) is 106 Å². The lowest BCUT2D eigenvalue weighted by Gasteiger charge is -2.31. The average Bonchev–Trinajstić information content (AvgIpc) is 3.14. The van der Waals surface area contributed by atoms with Gasteiger partial charge in [0.1, 0.15) is 0 Å². The number of nitrogens with one attached hydrogen (secondary N) is 1. The number of benzene rings is 2. The molecule has 1 unspecified atom stereocenters. The number of carbonyl (C=O) groups is 1. The largest absolute Gasteiger partial charge is 0.493 e. The molecule has 0 spiro atoms. The molecule has 1 N–H and O–H groups in total. The van der Waals surface area contributed by atoms with Crippen LogP contribution in [-0.2, 0) is 11.2 Å². The van der Waals surface area contributed by atoms with Crippen LogP contribution in [0.4, 0.5) is 5.69 Å². The maximum Gasteiger partial charge on any atom is 0.269 e. The van der Waals surface area contributed by atoms with Crippen LogP contribution < -0.4 is 14.9 Å². The van der Waals surface area contributed by atoms with Crippen LogP contribution in [0.2, 0.25) is 0 Å². The number of nitrogens with zero attached hydrogens (tertiary/aromatic N) is 3. The minimum atomic E-state index is -0.421. The first kappa shape index (κ1) is 21.1. The molecule has 0 aromatic heterocycles. The van der Waals surface area contributed by atoms with Crippen molar-refractivity contribution in [1.29, 1.82) is 0 Å². The molecule has 0 fully saturated rings. The van der Waals surface area contributed by atoms with E-state index in [1.165, 1.54) is 23.9 Å². The van der Waals surface area contributed by atoms with Gasteiger partial charge in [-0.3, -0.25) is 19.9 Å². The predicted molar refractivity (Wildman–Crippen MR) is 118 cm³/mol. The summed E-state index contributed by atoms with van der Waals surface area (Å²) in [5.41, 5.74) is 6.39. The fourth-order valence-electron chi connectivity index (χ4n) is 3.83. The number of non-ortho nitro benzene ring substituents is 1. The van der Waals surface area contributed by atoms with E-state index in [1.54, 1.807) is 26.4 Å². The third-order valence-corrected chi connectivity index (χ3v) is 6.31. The third-order valence-electron chi connectivity index (χ3n) is 5.37. The number of hydrazine groups is 1. The molecule has 2 aliphatic heterocycles. The van der Waals surface area contributed by atoms with Crippen molar-refractivity contribution >= 4 is 28.5 Å². The molecule has 0 saturated heterocycles. The van der Waals surface area contributed by atoms with Crippen molar-refractivity contribution < 1.29 is 19.2 Å². The lowest BCUT2D eigenvalue weighted by atomic mass is 9.92. The van der Waals surface area contributed by atoms with E-state index in [0.717, 1.165) is 16.7 Å². The molecular formula is C21H22N4O5S. The number of nitro groups is 1. The number of amidine groups is 1. The van der Waals surface area contributed by atoms with Crippen molar-refractivity contribution in [2.45, 2.75) is 25.4 Å². The highest BCUT2D eigenvalue weighted by molar-refractivity contribution is 8.14. The first-order valence-electron chi connectivity index (χ1n) is 9.70. The number of nitro benzene ring substituents is 1. The van der Waals surface area contributed by atoms with Crippen molar-refractivity contribution in [2.75, 3.05) is 20.0 Å². The van der Waals surface area contributed by atoms with Crippen molar-refractivity contribution in [3.8, 4) is 11.5 Å². The number of rotatable bonds is 4. The minimum Gasteiger partial charge on any atom is -0.493 e. The molecule has 4 rings (SSSR count). The molecule has 2 atom stereocenters. The zero-order valence-corrected chi connectivity index (χ0v) is 18.1. The summed E-state index contributed by atoms with van der Waals surface area (Å²) in [5, 5.41) is 13.6. The van der Waals surface area contributed by atoms with Gasteiger partial charge in [0.25, 0.3) is 11.6 Å². The van der Waals surface area contributed by atoms with Gasteiger partial charge in [-0.25, -0.2) is 5.43 Å². The van der Waals surface area contributed by atoms with Crippen LogP contribution in [0.15, 0.2) is 41.4 Å². The second-order valence-corrected chi connectivity index (χ2v) is 8.26. The van der Waals surface area contributed by atoms with Gasteiger partial charge in [0, 0.05) is 18.2 Å². The smallest absolute Gasteiger partial charge is 0.269 e. The number of amides is 1. The zero-order valence-electron chi connectivity index (χ0n) is 17.3. The van der Waals surface area contributed by atoms with E-state index < -0.39 is 4.92 Å². The number of hydrogen-bond donors (Lipinski definition) is 1. The summed E-state index contributed by atoms with van der Waals surface area (Å²) in [6, 6.07) is 10.00. The SMILES string of the molecule is COc1cc2c(cc1OC)C(c1ccc([N+](=O)[O-])cc1)NN(C1=NC(=O)CS1)[C@@H](C)C2. The molecule has 2 aromatic rings. The number of hydrogen-bond acceptors (Lipinski definition) is 8. The highest BCUT2D eigenvalue weighted by atomic mass is 32.2. The Bertz CT molecular complexity index is 1060. The second kappa shape index (κ2) is 8.56. The maximum absolute atomic E-state index is 11.8. The van der Waals surface area contributed by atoms with Gasteiger partial charge in [0.2, 0.25) is 0 Å². The fraction of sp³-hybridized carbons (Fsp3) is 0.333. The van der Waals surface area contributed by atoms with Crippen molar-refractivity contribution in [1.82, 2.24) is 10.4 Å². The third kappa shape index (κ3) is 4.08. The molecule has 2 aromatic carbocycles. The summed E-state index contributed by atoms with van der Waals surface area (Å²) in [7, 11) is 3.18. The van der Waals surface area contributed by atoms with E-state index in [-0.39, 0.29) is 23.7 Å². The molecule has 0 radical (unpaired) electrons. The first-order chi connectivity index (χ1) is 14.9. The number of aliphatic imine (C=N–C) groups is 1. The molecule has 9 nitrogen and oxygen atoms in total. The Kier molecular flexibility index (Phi) is 5.84. The summed E-state index contributed by atoms with van der Waals surface area (Å²) < 4.78 is 11.0. The fourth-order valence-corrected chi connectivity index (χ4v) is 4.69. The Labute approximate surface area is 183 Å². The molecule has 10 heteroatoms. The molecule has 1 amide bonds. The number of fused-ring (bicyclic) bond motifs is 1. The van der Waals surface area contributed by atoms with E-state index in [9.17, 15) is 14.9 Å². The second-order valence-electron chi connectivity index (χ2n) is 7.32. The van der Waals surface area contributed by atoms with E-state index in [2.05, 4.69) is 17.3 Å². The highest BCUT2D eigenvalue weighted by Crippen LogP contribution is 2.39. The van der Waals surface area contributed by atoms with Gasteiger partial charge in [-0.15, -0.1) is 0 Å². The van der Waals surface area contributed by atoms with Crippen molar-refractivity contribution in [3.63, 3.8) is 0 Å². The Balaban J connectivity index is 1.83. The zero-order chi connectivity index (χ0) is 22.1. The molecule has 0 bridgehead atoms. The molecule has 0 aliphatic carbocycles. The van der Waals surface area contributed by atoms with Crippen LogP contribution in [0.3, 0.4) is 0 Å². The Morgan fingerprint density at radius 3 is 2.45 bits per heavy atom. The monoisotopic (exact) mass is 442 g/mol. The number of thioether (sulfide) groups is 1. The van der Waals surface area contributed by atoms with Gasteiger partial charge in [-0.05, 0) is 42.2 Å². The molecule has 162 valence electrons. The van der Waals surface area contributed by atoms with Crippen LogP contribution in [0, 0.1) is 10.1 Å². The van der Waals surface area contributed by atoms with Crippen molar-refractivity contribution in [2.24, 2.45) is 4.99 Å².